The van der Waals surface area contributed by atoms with Crippen LogP contribution >= 0.6 is 0 Å². The van der Waals surface area contributed by atoms with Gasteiger partial charge in [-0.15, -0.1) is 0 Å². The molecule has 0 spiro atoms. The molecule has 3 rings (SSSR count). The Kier molecular flexibility index (Phi) is 12.0. The van der Waals surface area contributed by atoms with Crippen molar-refractivity contribution in [2.24, 2.45) is 5.41 Å². The summed E-state index contributed by atoms with van der Waals surface area (Å²) < 4.78 is 10.4. The highest BCUT2D eigenvalue weighted by atomic mass is 16.7. The summed E-state index contributed by atoms with van der Waals surface area (Å²) in [4.78, 5) is 50.1. The van der Waals surface area contributed by atoms with Crippen molar-refractivity contribution in [2.75, 3.05) is 6.79 Å². The van der Waals surface area contributed by atoms with Gasteiger partial charge in [-0.1, -0.05) is 84.9 Å². The molecule has 0 aromatic heterocycles. The molecule has 9 heteroatoms. The van der Waals surface area contributed by atoms with Crippen molar-refractivity contribution < 1.29 is 33.8 Å². The van der Waals surface area contributed by atoms with Crippen molar-refractivity contribution in [1.82, 2.24) is 10.6 Å². The van der Waals surface area contributed by atoms with Crippen LogP contribution in [0.1, 0.15) is 45.2 Å². The molecule has 3 aromatic rings. The number of nitrogens with one attached hydrogen (secondary N) is 2. The quantitative estimate of drug-likeness (QED) is 0.185. The maximum Gasteiger partial charge on any atom is 0.326 e. The van der Waals surface area contributed by atoms with Crippen molar-refractivity contribution in [1.29, 1.82) is 0 Å². The third-order valence-electron chi connectivity index (χ3n) is 6.66. The van der Waals surface area contributed by atoms with E-state index in [1.165, 1.54) is 0 Å². The molecule has 0 aliphatic rings. The second kappa shape index (κ2) is 15.7. The highest BCUT2D eigenvalue weighted by Crippen LogP contribution is 2.20. The summed E-state index contributed by atoms with van der Waals surface area (Å²) in [6.07, 6.45) is 0.172. The minimum atomic E-state index is -1.04. The Hall–Kier alpha value is -4.50. The van der Waals surface area contributed by atoms with Gasteiger partial charge in [0.15, 0.2) is 0 Å². The van der Waals surface area contributed by atoms with E-state index < -0.39 is 54.1 Å². The summed E-state index contributed by atoms with van der Waals surface area (Å²) in [6, 6.07) is 24.4. The van der Waals surface area contributed by atoms with E-state index >= 15 is 0 Å². The largest absolute Gasteiger partial charge is 0.481 e. The Bertz CT molecular complexity index is 1350. The first-order valence-electron chi connectivity index (χ1n) is 14.2. The van der Waals surface area contributed by atoms with Gasteiger partial charge in [0.05, 0.1) is 17.9 Å². The molecule has 0 aliphatic carbocycles. The highest BCUT2D eigenvalue weighted by Gasteiger charge is 2.30. The van der Waals surface area contributed by atoms with E-state index in [0.717, 1.165) is 22.3 Å². The number of carbonyl (C=O) groups is 4. The standard InChI is InChI=1S/C34H40N2O7/c1-23(19-30(37)38)35-31(39)28(20-25-15-17-27(18-16-25)26-13-9-6-10-14-26)36-29(21-24-11-7-5-8-12-24)32(40)42-22-43-33(41)34(2,3)4/h5-18,23,28-29,36H,19-22H2,1-4H3,(H,35,39)(H,37,38)/t23-,28+,29?/m1/s1. The molecule has 0 bridgehead atoms. The fraction of sp³-hybridized carbons (Fsp3) is 0.353. The Balaban J connectivity index is 1.83. The topological polar surface area (TPSA) is 131 Å². The predicted molar refractivity (Wildman–Crippen MR) is 163 cm³/mol. The SMILES string of the molecule is C[C@H](CC(=O)O)NC(=O)[C@H](Cc1ccc(-c2ccccc2)cc1)NC(Cc1ccccc1)C(=O)OCOC(=O)C(C)(C)C. The van der Waals surface area contributed by atoms with Gasteiger partial charge in [0.25, 0.3) is 0 Å². The first-order valence-corrected chi connectivity index (χ1v) is 14.2. The lowest BCUT2D eigenvalue weighted by Crippen LogP contribution is -2.54. The lowest BCUT2D eigenvalue weighted by Gasteiger charge is -2.26. The Morgan fingerprint density at radius 2 is 1.28 bits per heavy atom. The van der Waals surface area contributed by atoms with Crippen molar-refractivity contribution >= 4 is 23.8 Å². The zero-order valence-electron chi connectivity index (χ0n) is 25.0. The number of carbonyl (C=O) groups excluding carboxylic acids is 3. The lowest BCUT2D eigenvalue weighted by molar-refractivity contribution is -0.174. The zero-order chi connectivity index (χ0) is 31.4. The van der Waals surface area contributed by atoms with Crippen LogP contribution in [0, 0.1) is 5.41 Å². The second-order valence-corrected chi connectivity index (χ2v) is 11.5. The fourth-order valence-electron chi connectivity index (χ4n) is 4.34. The number of amides is 1. The van der Waals surface area contributed by atoms with E-state index in [2.05, 4.69) is 10.6 Å². The minimum absolute atomic E-state index is 0.203. The number of benzene rings is 3. The second-order valence-electron chi connectivity index (χ2n) is 11.5. The summed E-state index contributed by atoms with van der Waals surface area (Å²) in [7, 11) is 0. The predicted octanol–water partition coefficient (Wildman–Crippen LogP) is 4.54. The molecule has 1 amide bonds. The van der Waals surface area contributed by atoms with E-state index in [9.17, 15) is 24.3 Å². The van der Waals surface area contributed by atoms with Gasteiger partial charge in [-0.25, -0.2) is 0 Å². The molecule has 0 radical (unpaired) electrons. The molecular formula is C34H40N2O7. The average Bonchev–Trinajstić information content (AvgIpc) is 2.96. The molecule has 0 saturated heterocycles. The van der Waals surface area contributed by atoms with Crippen LogP contribution in [0.15, 0.2) is 84.9 Å². The Morgan fingerprint density at radius 3 is 1.86 bits per heavy atom. The van der Waals surface area contributed by atoms with Gasteiger partial charge in [-0.2, -0.15) is 0 Å². The van der Waals surface area contributed by atoms with Gasteiger partial charge in [-0.05, 0) is 62.8 Å². The molecule has 0 fully saturated rings. The number of carboxylic acid groups (broad SMARTS) is 1. The maximum atomic E-state index is 13.5. The maximum absolute atomic E-state index is 13.5. The van der Waals surface area contributed by atoms with Crippen LogP contribution in [-0.2, 0) is 41.5 Å². The molecule has 0 heterocycles. The molecule has 3 aromatic carbocycles. The first kappa shape index (κ1) is 33.0. The van der Waals surface area contributed by atoms with Gasteiger partial charge in [0.2, 0.25) is 12.7 Å². The van der Waals surface area contributed by atoms with Crippen molar-refractivity contribution in [2.45, 2.75) is 65.1 Å². The molecular weight excluding hydrogens is 548 g/mol. The number of esters is 2. The third-order valence-corrected chi connectivity index (χ3v) is 6.66. The number of carboxylic acids is 1. The molecule has 1 unspecified atom stereocenters. The fourth-order valence-corrected chi connectivity index (χ4v) is 4.34. The van der Waals surface area contributed by atoms with E-state index in [1.54, 1.807) is 27.7 Å². The lowest BCUT2D eigenvalue weighted by atomic mass is 9.98. The monoisotopic (exact) mass is 588 g/mol. The summed E-state index contributed by atoms with van der Waals surface area (Å²) in [5.74, 6) is -2.70. The Labute approximate surface area is 252 Å². The van der Waals surface area contributed by atoms with E-state index in [0.29, 0.717) is 0 Å². The van der Waals surface area contributed by atoms with Crippen LogP contribution in [0.5, 0.6) is 0 Å². The van der Waals surface area contributed by atoms with E-state index in [1.807, 2.05) is 84.9 Å². The van der Waals surface area contributed by atoms with Gasteiger partial charge in [0, 0.05) is 6.04 Å². The van der Waals surface area contributed by atoms with Gasteiger partial charge < -0.3 is 19.9 Å². The highest BCUT2D eigenvalue weighted by molar-refractivity contribution is 5.84. The van der Waals surface area contributed by atoms with Crippen molar-refractivity contribution in [3.63, 3.8) is 0 Å². The number of rotatable bonds is 14. The summed E-state index contributed by atoms with van der Waals surface area (Å²) in [6.45, 7) is 6.12. The number of ether oxygens (including phenoxy) is 2. The normalized spacial score (nSPS) is 13.3. The smallest absolute Gasteiger partial charge is 0.326 e. The number of hydrogen-bond donors (Lipinski definition) is 3. The molecule has 228 valence electrons. The molecule has 3 atom stereocenters. The molecule has 0 saturated carbocycles. The number of aliphatic carboxylic acids is 1. The van der Waals surface area contributed by atoms with Crippen LogP contribution in [0.3, 0.4) is 0 Å². The van der Waals surface area contributed by atoms with Crippen molar-refractivity contribution in [3.8, 4) is 11.1 Å². The van der Waals surface area contributed by atoms with E-state index in [4.69, 9.17) is 9.47 Å². The van der Waals surface area contributed by atoms with Crippen LogP contribution in [0.25, 0.3) is 11.1 Å². The molecule has 43 heavy (non-hydrogen) atoms. The van der Waals surface area contributed by atoms with Crippen LogP contribution in [-0.4, -0.2) is 53.8 Å². The van der Waals surface area contributed by atoms with Crippen LogP contribution < -0.4 is 10.6 Å². The zero-order valence-corrected chi connectivity index (χ0v) is 25.0. The summed E-state index contributed by atoms with van der Waals surface area (Å²) in [5, 5.41) is 15.1. The average molecular weight is 589 g/mol. The minimum Gasteiger partial charge on any atom is -0.481 e. The van der Waals surface area contributed by atoms with Crippen LogP contribution in [0.2, 0.25) is 0 Å². The van der Waals surface area contributed by atoms with E-state index in [-0.39, 0.29) is 19.3 Å². The molecule has 0 aliphatic heterocycles. The number of hydrogen-bond acceptors (Lipinski definition) is 7. The summed E-state index contributed by atoms with van der Waals surface area (Å²) in [5.41, 5.74) is 2.98. The summed E-state index contributed by atoms with van der Waals surface area (Å²) >= 11 is 0. The van der Waals surface area contributed by atoms with Gasteiger partial charge in [0.1, 0.15) is 6.04 Å². The van der Waals surface area contributed by atoms with Crippen LogP contribution in [0.4, 0.5) is 0 Å². The van der Waals surface area contributed by atoms with Gasteiger partial charge in [-0.3, -0.25) is 24.5 Å². The van der Waals surface area contributed by atoms with Crippen molar-refractivity contribution in [3.05, 3.63) is 96.1 Å². The molecule has 9 nitrogen and oxygen atoms in total. The third kappa shape index (κ3) is 11.0. The van der Waals surface area contributed by atoms with Gasteiger partial charge >= 0.3 is 17.9 Å². The Morgan fingerprint density at radius 1 is 0.744 bits per heavy atom. The first-order chi connectivity index (χ1) is 20.4. The molecule has 3 N–H and O–H groups in total.